The van der Waals surface area contributed by atoms with Crippen LogP contribution in [0.25, 0.3) is 0 Å². The largest absolute Gasteiger partial charge is 0.493 e. The number of benzene rings is 1. The van der Waals surface area contributed by atoms with E-state index >= 15 is 0 Å². The molecular weight excluding hydrogens is 316 g/mol. The van der Waals surface area contributed by atoms with Crippen LogP contribution in [-0.2, 0) is 13.0 Å². The Morgan fingerprint density at radius 3 is 2.24 bits per heavy atom. The number of hydrogen-bond donors (Lipinski definition) is 1. The van der Waals surface area contributed by atoms with Gasteiger partial charge in [-0.1, -0.05) is 32.1 Å². The lowest BCUT2D eigenvalue weighted by Crippen LogP contribution is -2.46. The number of carbonyl (C=O) groups is 1. The average molecular weight is 346 g/mol. The topological polar surface area (TPSA) is 50.8 Å². The van der Waals surface area contributed by atoms with Crippen LogP contribution in [0.5, 0.6) is 11.5 Å². The Kier molecular flexibility index (Phi) is 6.05. The van der Waals surface area contributed by atoms with Crippen LogP contribution in [0.1, 0.15) is 56.1 Å². The molecule has 0 saturated heterocycles. The number of ether oxygens (including phenoxy) is 2. The van der Waals surface area contributed by atoms with Crippen molar-refractivity contribution in [2.75, 3.05) is 20.8 Å². The monoisotopic (exact) mass is 346 g/mol. The van der Waals surface area contributed by atoms with Gasteiger partial charge in [-0.05, 0) is 42.5 Å². The van der Waals surface area contributed by atoms with Gasteiger partial charge >= 0.3 is 6.03 Å². The summed E-state index contributed by atoms with van der Waals surface area (Å²) in [5.74, 6) is 1.48. The van der Waals surface area contributed by atoms with Gasteiger partial charge in [0.1, 0.15) is 0 Å². The molecule has 1 aliphatic carbocycles. The molecule has 1 fully saturated rings. The maximum atomic E-state index is 12.7. The van der Waals surface area contributed by atoms with E-state index in [1.165, 1.54) is 37.7 Å². The summed E-state index contributed by atoms with van der Waals surface area (Å²) in [5.41, 5.74) is 2.39. The van der Waals surface area contributed by atoms with Gasteiger partial charge in [-0.2, -0.15) is 0 Å². The molecule has 0 aromatic heterocycles. The van der Waals surface area contributed by atoms with E-state index in [0.717, 1.165) is 42.9 Å². The molecule has 0 atom stereocenters. The highest BCUT2D eigenvalue weighted by molar-refractivity contribution is 5.75. The molecule has 2 aliphatic rings. The Morgan fingerprint density at radius 2 is 1.60 bits per heavy atom. The van der Waals surface area contributed by atoms with Crippen molar-refractivity contribution in [3.63, 3.8) is 0 Å². The number of fused-ring (bicyclic) bond motifs is 1. The highest BCUT2D eigenvalue weighted by Gasteiger charge is 2.24. The molecule has 1 aromatic rings. The molecule has 0 radical (unpaired) electrons. The van der Waals surface area contributed by atoms with Gasteiger partial charge < -0.3 is 19.7 Å². The Morgan fingerprint density at radius 1 is 1.00 bits per heavy atom. The quantitative estimate of drug-likeness (QED) is 0.903. The van der Waals surface area contributed by atoms with Gasteiger partial charge in [-0.15, -0.1) is 0 Å². The van der Waals surface area contributed by atoms with Gasteiger partial charge in [0.05, 0.1) is 14.2 Å². The third-order valence-corrected chi connectivity index (χ3v) is 5.44. The summed E-state index contributed by atoms with van der Waals surface area (Å²) in [6.07, 6.45) is 9.47. The van der Waals surface area contributed by atoms with Crippen molar-refractivity contribution in [1.29, 1.82) is 0 Å². The minimum Gasteiger partial charge on any atom is -0.493 e. The van der Waals surface area contributed by atoms with Gasteiger partial charge in [0.2, 0.25) is 0 Å². The smallest absolute Gasteiger partial charge is 0.317 e. The molecule has 1 heterocycles. The zero-order valence-corrected chi connectivity index (χ0v) is 15.5. The van der Waals surface area contributed by atoms with Crippen LogP contribution in [-0.4, -0.2) is 37.7 Å². The molecule has 1 saturated carbocycles. The third kappa shape index (κ3) is 4.39. The minimum absolute atomic E-state index is 0.0750. The Balaban J connectivity index is 1.64. The third-order valence-electron chi connectivity index (χ3n) is 5.44. The van der Waals surface area contributed by atoms with E-state index < -0.39 is 0 Å². The molecule has 5 heteroatoms. The molecule has 3 rings (SSSR count). The lowest BCUT2D eigenvalue weighted by Gasteiger charge is -2.31. The van der Waals surface area contributed by atoms with E-state index in [1.54, 1.807) is 14.2 Å². The molecule has 138 valence electrons. The van der Waals surface area contributed by atoms with Gasteiger partial charge in [0, 0.05) is 19.1 Å². The van der Waals surface area contributed by atoms with Gasteiger partial charge in [-0.25, -0.2) is 4.79 Å². The number of methoxy groups -OCH3 is 2. The van der Waals surface area contributed by atoms with E-state index in [0.29, 0.717) is 12.6 Å². The maximum Gasteiger partial charge on any atom is 0.317 e. The summed E-state index contributed by atoms with van der Waals surface area (Å²) in [6, 6.07) is 4.45. The van der Waals surface area contributed by atoms with Crippen LogP contribution < -0.4 is 14.8 Å². The zero-order valence-electron chi connectivity index (χ0n) is 15.5. The highest BCUT2D eigenvalue weighted by Crippen LogP contribution is 2.33. The predicted molar refractivity (Wildman–Crippen MR) is 98.3 cm³/mol. The van der Waals surface area contributed by atoms with E-state index in [4.69, 9.17) is 9.47 Å². The van der Waals surface area contributed by atoms with E-state index in [2.05, 4.69) is 5.32 Å². The first-order chi connectivity index (χ1) is 12.2. The zero-order chi connectivity index (χ0) is 17.6. The van der Waals surface area contributed by atoms with Crippen LogP contribution in [0.2, 0.25) is 0 Å². The molecule has 1 aromatic carbocycles. The maximum absolute atomic E-state index is 12.7. The summed E-state index contributed by atoms with van der Waals surface area (Å²) >= 11 is 0. The molecular formula is C20H30N2O3. The van der Waals surface area contributed by atoms with Crippen LogP contribution in [0.4, 0.5) is 4.79 Å². The first-order valence-electron chi connectivity index (χ1n) is 9.50. The Bertz CT molecular complexity index is 595. The standard InChI is InChI=1S/C20H30N2O3/c1-24-18-12-15-10-11-22(14-16(15)13-19(18)25-2)20(23)21-17-8-6-4-3-5-7-9-17/h12-13,17H,3-11,14H2,1-2H3,(H,21,23). The van der Waals surface area contributed by atoms with Crippen molar-refractivity contribution in [2.45, 2.75) is 64.0 Å². The number of hydrogen-bond acceptors (Lipinski definition) is 3. The second-order valence-corrected chi connectivity index (χ2v) is 7.14. The normalized spacial score (nSPS) is 18.7. The number of nitrogens with zero attached hydrogens (tertiary/aromatic N) is 1. The number of urea groups is 1. The molecule has 25 heavy (non-hydrogen) atoms. The SMILES string of the molecule is COc1cc2c(cc1OC)CN(C(=O)NC1CCCCCCC1)CC2. The van der Waals surface area contributed by atoms with Crippen LogP contribution in [0, 0.1) is 0 Å². The highest BCUT2D eigenvalue weighted by atomic mass is 16.5. The van der Waals surface area contributed by atoms with Gasteiger partial charge in [0.15, 0.2) is 11.5 Å². The van der Waals surface area contributed by atoms with Crippen molar-refractivity contribution < 1.29 is 14.3 Å². The van der Waals surface area contributed by atoms with Crippen molar-refractivity contribution in [3.8, 4) is 11.5 Å². The average Bonchev–Trinajstić information content (AvgIpc) is 2.62. The summed E-state index contributed by atoms with van der Waals surface area (Å²) < 4.78 is 10.8. The lowest BCUT2D eigenvalue weighted by atomic mass is 9.96. The second-order valence-electron chi connectivity index (χ2n) is 7.14. The molecule has 0 bridgehead atoms. The van der Waals surface area contributed by atoms with Gasteiger partial charge in [0.25, 0.3) is 0 Å². The predicted octanol–water partition coefficient (Wildman–Crippen LogP) is 3.88. The molecule has 0 spiro atoms. The number of rotatable bonds is 3. The van der Waals surface area contributed by atoms with Crippen molar-refractivity contribution in [1.82, 2.24) is 10.2 Å². The van der Waals surface area contributed by atoms with E-state index in [-0.39, 0.29) is 6.03 Å². The molecule has 0 unspecified atom stereocenters. The second kappa shape index (κ2) is 8.45. The summed E-state index contributed by atoms with van der Waals surface area (Å²) in [5, 5.41) is 3.27. The van der Waals surface area contributed by atoms with Crippen LogP contribution in [0.3, 0.4) is 0 Å². The van der Waals surface area contributed by atoms with Crippen molar-refractivity contribution in [2.24, 2.45) is 0 Å². The Hall–Kier alpha value is -1.91. The van der Waals surface area contributed by atoms with E-state index in [9.17, 15) is 4.79 Å². The Labute approximate surface area is 150 Å². The number of nitrogens with one attached hydrogen (secondary N) is 1. The first-order valence-corrected chi connectivity index (χ1v) is 9.50. The summed E-state index contributed by atoms with van der Waals surface area (Å²) in [7, 11) is 3.30. The fraction of sp³-hybridized carbons (Fsp3) is 0.650. The van der Waals surface area contributed by atoms with Crippen LogP contribution >= 0.6 is 0 Å². The van der Waals surface area contributed by atoms with E-state index in [1.807, 2.05) is 17.0 Å². The number of carbonyl (C=O) groups excluding carboxylic acids is 1. The number of amides is 2. The lowest BCUT2D eigenvalue weighted by molar-refractivity contribution is 0.185. The fourth-order valence-electron chi connectivity index (χ4n) is 3.92. The van der Waals surface area contributed by atoms with Crippen LogP contribution in [0.15, 0.2) is 12.1 Å². The van der Waals surface area contributed by atoms with Gasteiger partial charge in [-0.3, -0.25) is 0 Å². The molecule has 1 N–H and O–H groups in total. The summed E-state index contributed by atoms with van der Waals surface area (Å²) in [6.45, 7) is 1.38. The first kappa shape index (κ1) is 17.9. The molecule has 2 amide bonds. The molecule has 1 aliphatic heterocycles. The summed E-state index contributed by atoms with van der Waals surface area (Å²) in [4.78, 5) is 14.6. The van der Waals surface area contributed by atoms with Crippen molar-refractivity contribution >= 4 is 6.03 Å². The minimum atomic E-state index is 0.0750. The fourth-order valence-corrected chi connectivity index (χ4v) is 3.92. The van der Waals surface area contributed by atoms with Crippen molar-refractivity contribution in [3.05, 3.63) is 23.3 Å². The molecule has 5 nitrogen and oxygen atoms in total.